The first-order chi connectivity index (χ1) is 10.3. The molecule has 2 aliphatic heterocycles. The van der Waals surface area contributed by atoms with Crippen molar-refractivity contribution in [2.24, 2.45) is 17.8 Å². The number of hydrogen-bond donors (Lipinski definition) is 0. The van der Waals surface area contributed by atoms with Gasteiger partial charge in [0, 0.05) is 25.2 Å². The summed E-state index contributed by atoms with van der Waals surface area (Å²) in [6.07, 6.45) is 5.68. The third-order valence-corrected chi connectivity index (χ3v) is 5.58. The zero-order valence-electron chi connectivity index (χ0n) is 16.4. The number of likely N-dealkylation sites (tertiary alicyclic amines) is 2. The Hall–Kier alpha value is -0.0800. The predicted octanol–water partition coefficient (Wildman–Crippen LogP) is 4.89. The highest BCUT2D eigenvalue weighted by Gasteiger charge is 2.23. The normalized spacial score (nSPS) is 28.1. The van der Waals surface area contributed by atoms with E-state index in [1.165, 1.54) is 51.9 Å². The molecule has 0 saturated carbocycles. The molecule has 0 radical (unpaired) electrons. The number of piperidine rings is 2. The molecule has 22 heavy (non-hydrogen) atoms. The van der Waals surface area contributed by atoms with Gasteiger partial charge in [0.15, 0.2) is 0 Å². The fourth-order valence-corrected chi connectivity index (χ4v) is 3.75. The lowest BCUT2D eigenvalue weighted by molar-refractivity contribution is 0.117. The molecule has 2 aliphatic rings. The number of hydrogen-bond acceptors (Lipinski definition) is 2. The van der Waals surface area contributed by atoms with Crippen molar-refractivity contribution >= 4 is 0 Å². The van der Waals surface area contributed by atoms with Crippen LogP contribution < -0.4 is 0 Å². The Balaban J connectivity index is 0.000000224. The molecule has 0 aliphatic carbocycles. The van der Waals surface area contributed by atoms with E-state index in [2.05, 4.69) is 58.3 Å². The van der Waals surface area contributed by atoms with E-state index in [9.17, 15) is 0 Å². The summed E-state index contributed by atoms with van der Waals surface area (Å²) in [6, 6.07) is 1.49. The first-order valence-electron chi connectivity index (χ1n) is 9.79. The van der Waals surface area contributed by atoms with E-state index < -0.39 is 0 Å². The maximum Gasteiger partial charge on any atom is 0.00387 e. The van der Waals surface area contributed by atoms with Crippen LogP contribution in [0.15, 0.2) is 0 Å². The summed E-state index contributed by atoms with van der Waals surface area (Å²) in [6.45, 7) is 21.6. The predicted molar refractivity (Wildman–Crippen MR) is 99.4 cm³/mol. The van der Waals surface area contributed by atoms with Crippen LogP contribution in [0.25, 0.3) is 0 Å². The second-order valence-corrected chi connectivity index (χ2v) is 8.57. The van der Waals surface area contributed by atoms with E-state index in [4.69, 9.17) is 0 Å². The fourth-order valence-electron chi connectivity index (χ4n) is 3.75. The Kier molecular flexibility index (Phi) is 9.01. The van der Waals surface area contributed by atoms with Crippen LogP contribution in [0.4, 0.5) is 0 Å². The minimum atomic E-state index is 0.742. The van der Waals surface area contributed by atoms with Gasteiger partial charge in [-0.2, -0.15) is 0 Å². The van der Waals surface area contributed by atoms with Crippen LogP contribution in [0, 0.1) is 17.8 Å². The topological polar surface area (TPSA) is 6.48 Å². The van der Waals surface area contributed by atoms with E-state index >= 15 is 0 Å². The molecule has 2 heteroatoms. The summed E-state index contributed by atoms with van der Waals surface area (Å²) in [7, 11) is 0. The quantitative estimate of drug-likeness (QED) is 0.732. The highest BCUT2D eigenvalue weighted by molar-refractivity contribution is 4.76. The van der Waals surface area contributed by atoms with Crippen molar-refractivity contribution in [3.8, 4) is 0 Å². The second kappa shape index (κ2) is 9.93. The molecule has 2 fully saturated rings. The van der Waals surface area contributed by atoms with Crippen molar-refractivity contribution < 1.29 is 0 Å². The zero-order valence-corrected chi connectivity index (χ0v) is 16.4. The van der Waals surface area contributed by atoms with Crippen LogP contribution >= 0.6 is 0 Å². The Morgan fingerprint density at radius 3 is 1.64 bits per heavy atom. The molecule has 2 rings (SSSR count). The van der Waals surface area contributed by atoms with E-state index in [1.807, 2.05) is 0 Å². The van der Waals surface area contributed by atoms with Crippen LogP contribution in [-0.2, 0) is 0 Å². The molecule has 0 N–H and O–H groups in total. The highest BCUT2D eigenvalue weighted by atomic mass is 15.2. The summed E-state index contributed by atoms with van der Waals surface area (Å²) >= 11 is 0. The lowest BCUT2D eigenvalue weighted by atomic mass is 9.87. The average Bonchev–Trinajstić information content (AvgIpc) is 2.48. The van der Waals surface area contributed by atoms with Gasteiger partial charge in [-0.3, -0.25) is 0 Å². The molecule has 2 saturated heterocycles. The van der Waals surface area contributed by atoms with Gasteiger partial charge in [0.2, 0.25) is 0 Å². The zero-order chi connectivity index (χ0) is 16.7. The van der Waals surface area contributed by atoms with Crippen molar-refractivity contribution in [3.05, 3.63) is 0 Å². The molecular weight excluding hydrogens is 268 g/mol. The van der Waals surface area contributed by atoms with Crippen molar-refractivity contribution in [1.82, 2.24) is 9.80 Å². The molecule has 2 nitrogen and oxygen atoms in total. The molecule has 132 valence electrons. The lowest BCUT2D eigenvalue weighted by Gasteiger charge is -2.37. The van der Waals surface area contributed by atoms with Gasteiger partial charge in [-0.15, -0.1) is 0 Å². The monoisotopic (exact) mass is 310 g/mol. The molecule has 0 aromatic rings. The van der Waals surface area contributed by atoms with Crippen LogP contribution in [0.3, 0.4) is 0 Å². The summed E-state index contributed by atoms with van der Waals surface area (Å²) in [5.41, 5.74) is 0. The van der Waals surface area contributed by atoms with Gasteiger partial charge >= 0.3 is 0 Å². The molecule has 0 aromatic heterocycles. The van der Waals surface area contributed by atoms with Crippen LogP contribution in [-0.4, -0.2) is 48.1 Å². The Bertz CT molecular complexity index is 271. The van der Waals surface area contributed by atoms with Gasteiger partial charge < -0.3 is 9.80 Å². The van der Waals surface area contributed by atoms with Gasteiger partial charge in [0.25, 0.3) is 0 Å². The fraction of sp³-hybridized carbons (Fsp3) is 1.00. The Morgan fingerprint density at radius 2 is 1.23 bits per heavy atom. The van der Waals surface area contributed by atoms with E-state index in [0.717, 1.165) is 29.8 Å². The van der Waals surface area contributed by atoms with Crippen LogP contribution in [0.1, 0.15) is 74.1 Å². The lowest BCUT2D eigenvalue weighted by Crippen LogP contribution is -2.41. The van der Waals surface area contributed by atoms with Crippen molar-refractivity contribution in [2.45, 2.75) is 86.2 Å². The van der Waals surface area contributed by atoms with Crippen molar-refractivity contribution in [1.29, 1.82) is 0 Å². The first kappa shape index (κ1) is 20.0. The largest absolute Gasteiger partial charge is 0.301 e. The summed E-state index contributed by atoms with van der Waals surface area (Å²) in [4.78, 5) is 5.20. The van der Waals surface area contributed by atoms with Gasteiger partial charge in [-0.1, -0.05) is 20.8 Å². The van der Waals surface area contributed by atoms with E-state index in [-0.39, 0.29) is 0 Å². The molecule has 0 bridgehead atoms. The molecular formula is C20H42N2. The van der Waals surface area contributed by atoms with E-state index in [0.29, 0.717) is 0 Å². The van der Waals surface area contributed by atoms with Crippen molar-refractivity contribution in [3.63, 3.8) is 0 Å². The Morgan fingerprint density at radius 1 is 0.727 bits per heavy atom. The molecule has 0 amide bonds. The molecule has 0 spiro atoms. The SMILES string of the molecule is CC(C)C1CCCN(C(C)C)C1.CC1CCCN(C(C)C)C1. The standard InChI is InChI=1S/C11H23N.C9H19N/c1-9(2)11-6-5-7-12(8-11)10(3)4;1-8(2)10-6-4-5-9(3)7-10/h9-11H,5-8H2,1-4H3;8-9H,4-7H2,1-3H3. The third-order valence-electron chi connectivity index (χ3n) is 5.58. The van der Waals surface area contributed by atoms with Gasteiger partial charge in [-0.25, -0.2) is 0 Å². The summed E-state index contributed by atoms with van der Waals surface area (Å²) in [5.74, 6) is 2.74. The maximum absolute atomic E-state index is 2.62. The summed E-state index contributed by atoms with van der Waals surface area (Å²) < 4.78 is 0. The minimum absolute atomic E-state index is 0.742. The minimum Gasteiger partial charge on any atom is -0.301 e. The average molecular weight is 311 g/mol. The first-order valence-corrected chi connectivity index (χ1v) is 9.79. The molecule has 0 aromatic carbocycles. The van der Waals surface area contributed by atoms with E-state index in [1.54, 1.807) is 0 Å². The smallest absolute Gasteiger partial charge is 0.00387 e. The second-order valence-electron chi connectivity index (χ2n) is 8.57. The third kappa shape index (κ3) is 7.00. The number of rotatable bonds is 3. The Labute approximate surface area is 140 Å². The van der Waals surface area contributed by atoms with Gasteiger partial charge in [0.1, 0.15) is 0 Å². The molecule has 2 unspecified atom stereocenters. The van der Waals surface area contributed by atoms with Gasteiger partial charge in [-0.05, 0) is 84.2 Å². The molecule has 2 atom stereocenters. The summed E-state index contributed by atoms with van der Waals surface area (Å²) in [5, 5.41) is 0. The van der Waals surface area contributed by atoms with Crippen LogP contribution in [0.5, 0.6) is 0 Å². The van der Waals surface area contributed by atoms with Crippen molar-refractivity contribution in [2.75, 3.05) is 26.2 Å². The van der Waals surface area contributed by atoms with Gasteiger partial charge in [0.05, 0.1) is 0 Å². The maximum atomic E-state index is 2.62. The molecule has 2 heterocycles. The van der Waals surface area contributed by atoms with Crippen LogP contribution in [0.2, 0.25) is 0 Å². The number of nitrogens with zero attached hydrogens (tertiary/aromatic N) is 2. The highest BCUT2D eigenvalue weighted by Crippen LogP contribution is 2.24.